The lowest BCUT2D eigenvalue weighted by molar-refractivity contribution is 0.981. The Labute approximate surface area is 102 Å². The molecule has 0 amide bonds. The summed E-state index contributed by atoms with van der Waals surface area (Å²) in [6.45, 7) is 2.79. The first-order valence-electron chi connectivity index (χ1n) is 5.13. The lowest BCUT2D eigenvalue weighted by atomic mass is 10.2. The van der Waals surface area contributed by atoms with Crippen molar-refractivity contribution in [2.45, 2.75) is 6.92 Å². The molecule has 1 aromatic carbocycles. The van der Waals surface area contributed by atoms with Crippen LogP contribution in [-0.2, 0) is 0 Å². The maximum Gasteiger partial charge on any atom is 0.158 e. The number of nitrogen functional groups attached to an aromatic ring is 1. The van der Waals surface area contributed by atoms with Gasteiger partial charge in [-0.2, -0.15) is 0 Å². The monoisotopic (exact) mass is 238 g/mol. The van der Waals surface area contributed by atoms with Gasteiger partial charge >= 0.3 is 0 Å². The summed E-state index contributed by atoms with van der Waals surface area (Å²) in [6.07, 6.45) is 0. The van der Waals surface area contributed by atoms with Crippen molar-refractivity contribution in [1.82, 2.24) is 5.32 Å². The number of benzene rings is 1. The van der Waals surface area contributed by atoms with Crippen LogP contribution in [0.1, 0.15) is 6.92 Å². The minimum Gasteiger partial charge on any atom is -0.399 e. The number of thiol groups is 1. The summed E-state index contributed by atoms with van der Waals surface area (Å²) in [5.41, 5.74) is 8.27. The molecule has 0 bridgehead atoms. The minimum atomic E-state index is 0.594. The van der Waals surface area contributed by atoms with Crippen molar-refractivity contribution in [2.24, 2.45) is 4.99 Å². The summed E-state index contributed by atoms with van der Waals surface area (Å²) in [5.74, 6) is 0. The average Bonchev–Trinajstić information content (AvgIpc) is 2.17. The summed E-state index contributed by atoms with van der Waals surface area (Å²) < 4.78 is 0. The van der Waals surface area contributed by atoms with E-state index in [-0.39, 0.29) is 0 Å². The minimum absolute atomic E-state index is 0.594. The lowest BCUT2D eigenvalue weighted by Gasteiger charge is -2.15. The fraction of sp³-hybridized carbons (Fsp3) is 0.364. The number of nitrogens with two attached hydrogens (primary N) is 1. The molecule has 0 saturated carbocycles. The van der Waals surface area contributed by atoms with E-state index in [0.717, 1.165) is 17.9 Å². The van der Waals surface area contributed by atoms with Crippen LogP contribution in [0.25, 0.3) is 0 Å². The smallest absolute Gasteiger partial charge is 0.158 e. The van der Waals surface area contributed by atoms with E-state index in [1.807, 2.05) is 44.1 Å². The molecule has 0 aliphatic heterocycles. The van der Waals surface area contributed by atoms with Crippen molar-refractivity contribution in [3.63, 3.8) is 0 Å². The highest BCUT2D eigenvalue weighted by atomic mass is 32.1. The maximum absolute atomic E-state index is 5.74. The van der Waals surface area contributed by atoms with Crippen LogP contribution < -0.4 is 16.0 Å². The standard InChI is InChI=1S/C11H18N4S/c1-4-13-11(16)14-9-7-8(12)5-6-10(9)15(2)3/h5-7H,4,12H2,1-3H3,(H2,13,14,16). The first kappa shape index (κ1) is 12.7. The van der Waals surface area contributed by atoms with Gasteiger partial charge in [-0.1, -0.05) is 0 Å². The lowest BCUT2D eigenvalue weighted by Crippen LogP contribution is -2.17. The predicted molar refractivity (Wildman–Crippen MR) is 74.9 cm³/mol. The molecule has 1 rings (SSSR count). The van der Waals surface area contributed by atoms with Gasteiger partial charge in [-0.15, -0.1) is 12.6 Å². The molecule has 0 atom stereocenters. The van der Waals surface area contributed by atoms with Crippen LogP contribution in [0.5, 0.6) is 0 Å². The fourth-order valence-corrected chi connectivity index (χ4v) is 1.59. The third-order valence-electron chi connectivity index (χ3n) is 2.04. The van der Waals surface area contributed by atoms with Gasteiger partial charge in [0.1, 0.15) is 0 Å². The fourth-order valence-electron chi connectivity index (χ4n) is 1.32. The van der Waals surface area contributed by atoms with Gasteiger partial charge in [-0.25, -0.2) is 4.99 Å². The van der Waals surface area contributed by atoms with Crippen LogP contribution in [0.4, 0.5) is 17.1 Å². The molecule has 88 valence electrons. The average molecular weight is 238 g/mol. The Morgan fingerprint density at radius 1 is 1.50 bits per heavy atom. The van der Waals surface area contributed by atoms with E-state index in [9.17, 15) is 0 Å². The second-order valence-electron chi connectivity index (χ2n) is 3.61. The SMILES string of the molecule is CCNC(S)=Nc1cc(N)ccc1N(C)C. The van der Waals surface area contributed by atoms with Crippen molar-refractivity contribution in [2.75, 3.05) is 31.3 Å². The molecule has 4 nitrogen and oxygen atoms in total. The molecule has 1 aromatic rings. The quantitative estimate of drug-likeness (QED) is 0.326. The van der Waals surface area contributed by atoms with Gasteiger partial charge in [0.05, 0.1) is 11.4 Å². The van der Waals surface area contributed by atoms with Crippen LogP contribution in [0.15, 0.2) is 23.2 Å². The Morgan fingerprint density at radius 2 is 2.19 bits per heavy atom. The van der Waals surface area contributed by atoms with Crippen molar-refractivity contribution in [3.8, 4) is 0 Å². The topological polar surface area (TPSA) is 53.6 Å². The molecule has 0 unspecified atom stereocenters. The molecule has 0 aliphatic rings. The van der Waals surface area contributed by atoms with Crippen molar-refractivity contribution < 1.29 is 0 Å². The largest absolute Gasteiger partial charge is 0.399 e. The number of aliphatic imine (C=N–C) groups is 1. The van der Waals surface area contributed by atoms with Crippen LogP contribution in [0.3, 0.4) is 0 Å². The van der Waals surface area contributed by atoms with E-state index in [4.69, 9.17) is 5.73 Å². The maximum atomic E-state index is 5.74. The van der Waals surface area contributed by atoms with Crippen LogP contribution in [0.2, 0.25) is 0 Å². The highest BCUT2D eigenvalue weighted by Gasteiger charge is 2.04. The molecule has 0 aliphatic carbocycles. The molecule has 16 heavy (non-hydrogen) atoms. The zero-order chi connectivity index (χ0) is 12.1. The Morgan fingerprint density at radius 3 is 2.75 bits per heavy atom. The summed E-state index contributed by atoms with van der Waals surface area (Å²) in [5, 5.41) is 3.63. The van der Waals surface area contributed by atoms with Crippen LogP contribution in [0, 0.1) is 0 Å². The van der Waals surface area contributed by atoms with E-state index in [0.29, 0.717) is 10.9 Å². The Hall–Kier alpha value is -1.36. The van der Waals surface area contributed by atoms with E-state index in [1.54, 1.807) is 0 Å². The zero-order valence-corrected chi connectivity index (χ0v) is 10.8. The Kier molecular flexibility index (Phi) is 4.49. The van der Waals surface area contributed by atoms with Gasteiger partial charge in [0.25, 0.3) is 0 Å². The zero-order valence-electron chi connectivity index (χ0n) is 9.86. The van der Waals surface area contributed by atoms with E-state index in [1.165, 1.54) is 0 Å². The molecule has 0 radical (unpaired) electrons. The van der Waals surface area contributed by atoms with E-state index >= 15 is 0 Å². The number of hydrogen-bond acceptors (Lipinski definition) is 3. The normalized spacial score (nSPS) is 11.4. The van der Waals surface area contributed by atoms with Crippen LogP contribution in [-0.4, -0.2) is 25.8 Å². The van der Waals surface area contributed by atoms with Gasteiger partial charge in [0.15, 0.2) is 5.17 Å². The van der Waals surface area contributed by atoms with Gasteiger partial charge < -0.3 is 16.0 Å². The molecular weight excluding hydrogens is 220 g/mol. The molecule has 0 spiro atoms. The van der Waals surface area contributed by atoms with E-state index < -0.39 is 0 Å². The number of anilines is 2. The summed E-state index contributed by atoms with van der Waals surface area (Å²) in [4.78, 5) is 6.37. The van der Waals surface area contributed by atoms with Crippen molar-refractivity contribution in [3.05, 3.63) is 18.2 Å². The molecule has 0 heterocycles. The summed E-state index contributed by atoms with van der Waals surface area (Å²) in [6, 6.07) is 5.64. The molecule has 5 heteroatoms. The number of nitrogens with one attached hydrogen (secondary N) is 1. The first-order valence-corrected chi connectivity index (χ1v) is 5.57. The number of nitrogens with zero attached hydrogens (tertiary/aromatic N) is 2. The Balaban J connectivity index is 3.10. The van der Waals surface area contributed by atoms with Gasteiger partial charge in [-0.05, 0) is 25.1 Å². The molecule has 3 N–H and O–H groups in total. The number of hydrogen-bond donors (Lipinski definition) is 3. The van der Waals surface area contributed by atoms with Gasteiger partial charge in [0.2, 0.25) is 0 Å². The van der Waals surface area contributed by atoms with Crippen molar-refractivity contribution >= 4 is 34.9 Å². The van der Waals surface area contributed by atoms with Crippen LogP contribution >= 0.6 is 12.6 Å². The van der Waals surface area contributed by atoms with Gasteiger partial charge in [-0.3, -0.25) is 0 Å². The number of rotatable bonds is 3. The molecule has 0 saturated heterocycles. The summed E-state index contributed by atoms with van der Waals surface area (Å²) in [7, 11) is 3.94. The second-order valence-corrected chi connectivity index (χ2v) is 4.03. The van der Waals surface area contributed by atoms with Crippen molar-refractivity contribution in [1.29, 1.82) is 0 Å². The second kappa shape index (κ2) is 5.65. The third kappa shape index (κ3) is 3.34. The molecule has 0 aromatic heterocycles. The van der Waals surface area contributed by atoms with Gasteiger partial charge in [0, 0.05) is 26.3 Å². The summed E-state index contributed by atoms with van der Waals surface area (Å²) >= 11 is 4.25. The number of amidine groups is 1. The molecule has 0 fully saturated rings. The Bertz CT molecular complexity index is 388. The predicted octanol–water partition coefficient (Wildman–Crippen LogP) is 1.86. The third-order valence-corrected chi connectivity index (χ3v) is 2.30. The highest BCUT2D eigenvalue weighted by molar-refractivity contribution is 7.96. The highest BCUT2D eigenvalue weighted by Crippen LogP contribution is 2.29. The first-order chi connectivity index (χ1) is 7.54. The van der Waals surface area contributed by atoms with E-state index in [2.05, 4.69) is 22.9 Å². The molecular formula is C11H18N4S.